The van der Waals surface area contributed by atoms with Gasteiger partial charge in [-0.3, -0.25) is 4.79 Å². The van der Waals surface area contributed by atoms with E-state index in [1.54, 1.807) is 11.8 Å². The molecule has 1 aliphatic rings. The van der Waals surface area contributed by atoms with E-state index in [4.69, 9.17) is 10.8 Å². The highest BCUT2D eigenvalue weighted by Gasteiger charge is 2.49. The second-order valence-electron chi connectivity index (χ2n) is 4.94. The molecule has 0 radical (unpaired) electrons. The summed E-state index contributed by atoms with van der Waals surface area (Å²) >= 11 is 1.71. The van der Waals surface area contributed by atoms with Gasteiger partial charge in [0.2, 0.25) is 5.91 Å². The Morgan fingerprint density at radius 3 is 2.71 bits per heavy atom. The number of carbonyl (C=O) groups excluding carboxylic acids is 1. The number of amides is 1. The summed E-state index contributed by atoms with van der Waals surface area (Å²) in [5.41, 5.74) is 5.05. The lowest BCUT2D eigenvalue weighted by Crippen LogP contribution is -2.59. The fourth-order valence-electron chi connectivity index (χ4n) is 2.04. The number of likely N-dealkylation sites (N-methyl/N-ethyl adjacent to an activating group) is 1. The predicted molar refractivity (Wildman–Crippen MR) is 71.9 cm³/mol. The van der Waals surface area contributed by atoms with Gasteiger partial charge in [0.25, 0.3) is 0 Å². The molecule has 0 spiro atoms. The number of thioether (sulfide) groups is 1. The van der Waals surface area contributed by atoms with Crippen molar-refractivity contribution in [3.8, 4) is 0 Å². The summed E-state index contributed by atoms with van der Waals surface area (Å²) in [6.45, 7) is 4.96. The zero-order valence-corrected chi connectivity index (χ0v) is 11.6. The molecule has 5 heteroatoms. The monoisotopic (exact) mass is 260 g/mol. The second kappa shape index (κ2) is 6.61. The van der Waals surface area contributed by atoms with Crippen LogP contribution in [0.4, 0.5) is 0 Å². The van der Waals surface area contributed by atoms with Crippen LogP contribution in [0, 0.1) is 11.8 Å². The molecule has 4 nitrogen and oxygen atoms in total. The lowest BCUT2D eigenvalue weighted by Gasteiger charge is -2.31. The van der Waals surface area contributed by atoms with Crippen molar-refractivity contribution in [1.29, 1.82) is 0 Å². The van der Waals surface area contributed by atoms with E-state index in [1.165, 1.54) is 0 Å². The van der Waals surface area contributed by atoms with Gasteiger partial charge in [-0.2, -0.15) is 11.8 Å². The summed E-state index contributed by atoms with van der Waals surface area (Å²) in [5.74, 6) is 2.02. The molecule has 1 rings (SSSR count). The van der Waals surface area contributed by atoms with Gasteiger partial charge in [-0.25, -0.2) is 0 Å². The van der Waals surface area contributed by atoms with Gasteiger partial charge >= 0.3 is 0 Å². The molecule has 4 N–H and O–H groups in total. The molecular weight excluding hydrogens is 236 g/mol. The highest BCUT2D eigenvalue weighted by atomic mass is 32.2. The number of hydrogen-bond donors (Lipinski definition) is 3. The number of aliphatic hydroxyl groups is 1. The Bertz CT molecular complexity index is 259. The molecule has 0 aliphatic heterocycles. The first-order chi connectivity index (χ1) is 8.06. The van der Waals surface area contributed by atoms with Crippen LogP contribution in [0.5, 0.6) is 0 Å². The third kappa shape index (κ3) is 3.86. The minimum absolute atomic E-state index is 0.196. The van der Waals surface area contributed by atoms with E-state index in [2.05, 4.69) is 5.32 Å². The standard InChI is InChI=1S/C12H24N2O2S/c1-3-14-12(11(13)16,10-4-5-10)8-17-7-9(2)6-15/h9-10,14-15H,3-8H2,1-2H3,(H2,13,16). The van der Waals surface area contributed by atoms with E-state index in [0.717, 1.165) is 25.1 Å². The number of primary amides is 1. The molecule has 1 aliphatic carbocycles. The molecule has 0 aromatic rings. The summed E-state index contributed by atoms with van der Waals surface area (Å²) in [4.78, 5) is 11.7. The van der Waals surface area contributed by atoms with E-state index < -0.39 is 5.54 Å². The van der Waals surface area contributed by atoms with Crippen LogP contribution in [0.2, 0.25) is 0 Å². The topological polar surface area (TPSA) is 75.3 Å². The Kier molecular flexibility index (Phi) is 5.76. The zero-order valence-electron chi connectivity index (χ0n) is 10.7. The highest BCUT2D eigenvalue weighted by Crippen LogP contribution is 2.41. The molecule has 2 unspecified atom stereocenters. The van der Waals surface area contributed by atoms with Crippen molar-refractivity contribution >= 4 is 17.7 Å². The molecule has 0 saturated heterocycles. The summed E-state index contributed by atoms with van der Waals surface area (Å²) in [7, 11) is 0. The molecule has 0 aromatic heterocycles. The Hall–Kier alpha value is -0.260. The van der Waals surface area contributed by atoms with Crippen LogP contribution in [0.25, 0.3) is 0 Å². The van der Waals surface area contributed by atoms with Gasteiger partial charge in [0.15, 0.2) is 0 Å². The maximum absolute atomic E-state index is 11.7. The molecule has 0 bridgehead atoms. The average molecular weight is 260 g/mol. The Balaban J connectivity index is 2.53. The van der Waals surface area contributed by atoms with E-state index in [9.17, 15) is 4.79 Å². The SMILES string of the molecule is CCNC(CSCC(C)CO)(C(N)=O)C1CC1. The maximum Gasteiger partial charge on any atom is 0.238 e. The lowest BCUT2D eigenvalue weighted by atomic mass is 9.94. The van der Waals surface area contributed by atoms with Crippen molar-refractivity contribution in [1.82, 2.24) is 5.32 Å². The van der Waals surface area contributed by atoms with Gasteiger partial charge in [-0.15, -0.1) is 0 Å². The number of carbonyl (C=O) groups is 1. The Morgan fingerprint density at radius 2 is 2.29 bits per heavy atom. The average Bonchev–Trinajstić information content (AvgIpc) is 3.11. The fraction of sp³-hybridized carbons (Fsp3) is 0.917. The van der Waals surface area contributed by atoms with Crippen molar-refractivity contribution in [2.45, 2.75) is 32.2 Å². The van der Waals surface area contributed by atoms with Gasteiger partial charge in [-0.1, -0.05) is 13.8 Å². The van der Waals surface area contributed by atoms with E-state index in [-0.39, 0.29) is 18.4 Å². The van der Waals surface area contributed by atoms with Gasteiger partial charge in [0.05, 0.1) is 0 Å². The van der Waals surface area contributed by atoms with E-state index in [1.807, 2.05) is 13.8 Å². The van der Waals surface area contributed by atoms with Crippen LogP contribution >= 0.6 is 11.8 Å². The van der Waals surface area contributed by atoms with Gasteiger partial charge in [0, 0.05) is 12.4 Å². The number of nitrogens with two attached hydrogens (primary N) is 1. The van der Waals surface area contributed by atoms with Crippen molar-refractivity contribution < 1.29 is 9.90 Å². The zero-order chi connectivity index (χ0) is 12.9. The molecule has 1 amide bonds. The first-order valence-corrected chi connectivity index (χ1v) is 7.45. The minimum atomic E-state index is -0.533. The van der Waals surface area contributed by atoms with Gasteiger partial charge in [-0.05, 0) is 37.0 Å². The first-order valence-electron chi connectivity index (χ1n) is 6.30. The lowest BCUT2D eigenvalue weighted by molar-refractivity contribution is -0.124. The smallest absolute Gasteiger partial charge is 0.238 e. The van der Waals surface area contributed by atoms with Crippen molar-refractivity contribution in [2.75, 3.05) is 24.7 Å². The molecule has 0 heterocycles. The van der Waals surface area contributed by atoms with Crippen LogP contribution in [-0.2, 0) is 4.79 Å². The van der Waals surface area contributed by atoms with Crippen LogP contribution in [-0.4, -0.2) is 41.2 Å². The molecule has 2 atom stereocenters. The van der Waals surface area contributed by atoms with Crippen LogP contribution in [0.15, 0.2) is 0 Å². The summed E-state index contributed by atoms with van der Waals surface area (Å²) in [5, 5.41) is 12.3. The second-order valence-corrected chi connectivity index (χ2v) is 5.97. The quantitative estimate of drug-likeness (QED) is 0.567. The Labute approximate surface area is 108 Å². The van der Waals surface area contributed by atoms with Gasteiger partial charge < -0.3 is 16.2 Å². The number of hydrogen-bond acceptors (Lipinski definition) is 4. The third-order valence-corrected chi connectivity index (χ3v) is 4.71. The van der Waals surface area contributed by atoms with Crippen molar-refractivity contribution in [3.05, 3.63) is 0 Å². The fourth-order valence-corrected chi connectivity index (χ4v) is 3.47. The maximum atomic E-state index is 11.7. The molecule has 1 fully saturated rings. The van der Waals surface area contributed by atoms with Crippen LogP contribution in [0.3, 0.4) is 0 Å². The van der Waals surface area contributed by atoms with Crippen LogP contribution < -0.4 is 11.1 Å². The molecule has 100 valence electrons. The summed E-state index contributed by atoms with van der Waals surface area (Å²) in [6, 6.07) is 0. The van der Waals surface area contributed by atoms with Crippen LogP contribution in [0.1, 0.15) is 26.7 Å². The molecule has 17 heavy (non-hydrogen) atoms. The molecule has 1 saturated carbocycles. The summed E-state index contributed by atoms with van der Waals surface area (Å²) < 4.78 is 0. The summed E-state index contributed by atoms with van der Waals surface area (Å²) in [6.07, 6.45) is 2.18. The van der Waals surface area contributed by atoms with Gasteiger partial charge in [0.1, 0.15) is 5.54 Å². The normalized spacial score (nSPS) is 20.9. The Morgan fingerprint density at radius 1 is 1.65 bits per heavy atom. The predicted octanol–water partition coefficient (Wildman–Crippen LogP) is 0.592. The van der Waals surface area contributed by atoms with E-state index >= 15 is 0 Å². The van der Waals surface area contributed by atoms with E-state index in [0.29, 0.717) is 11.7 Å². The first kappa shape index (κ1) is 14.8. The highest BCUT2D eigenvalue weighted by molar-refractivity contribution is 7.99. The molecular formula is C12H24N2O2S. The number of rotatable bonds is 9. The largest absolute Gasteiger partial charge is 0.396 e. The third-order valence-electron chi connectivity index (χ3n) is 3.25. The van der Waals surface area contributed by atoms with Crippen molar-refractivity contribution in [2.24, 2.45) is 17.6 Å². The minimum Gasteiger partial charge on any atom is -0.396 e. The molecule has 0 aromatic carbocycles. The van der Waals surface area contributed by atoms with Crippen molar-refractivity contribution in [3.63, 3.8) is 0 Å². The number of nitrogens with one attached hydrogen (secondary N) is 1. The number of aliphatic hydroxyl groups excluding tert-OH is 1.